The third kappa shape index (κ3) is 4.61. The molecule has 0 bridgehead atoms. The van der Waals surface area contributed by atoms with Crippen LogP contribution in [0, 0.1) is 10.1 Å². The SMILES string of the molecule is CC(C)(C)N1CCOC(=COc2ccccc2[N+](=O)[O-])C1.Cl. The average molecular weight is 329 g/mol. The highest BCUT2D eigenvalue weighted by molar-refractivity contribution is 5.85. The predicted octanol–water partition coefficient (Wildman–Crippen LogP) is 3.37. The van der Waals surface area contributed by atoms with Gasteiger partial charge in [0.15, 0.2) is 0 Å². The number of nitro groups is 1. The van der Waals surface area contributed by atoms with Crippen LogP contribution < -0.4 is 4.74 Å². The third-order valence-electron chi connectivity index (χ3n) is 3.32. The van der Waals surface area contributed by atoms with E-state index in [0.717, 1.165) is 6.54 Å². The van der Waals surface area contributed by atoms with Gasteiger partial charge in [0.25, 0.3) is 0 Å². The predicted molar refractivity (Wildman–Crippen MR) is 86.3 cm³/mol. The quantitative estimate of drug-likeness (QED) is 0.483. The average Bonchev–Trinajstić information content (AvgIpc) is 2.45. The summed E-state index contributed by atoms with van der Waals surface area (Å²) in [6, 6.07) is 6.29. The number of nitro benzene ring substituents is 1. The first-order valence-electron chi connectivity index (χ1n) is 6.85. The monoisotopic (exact) mass is 328 g/mol. The largest absolute Gasteiger partial charge is 0.492 e. The van der Waals surface area contributed by atoms with Crippen molar-refractivity contribution < 1.29 is 14.4 Å². The summed E-state index contributed by atoms with van der Waals surface area (Å²) in [4.78, 5) is 12.7. The van der Waals surface area contributed by atoms with Gasteiger partial charge in [0.05, 0.1) is 11.5 Å². The number of hydrogen-bond donors (Lipinski definition) is 0. The highest BCUT2D eigenvalue weighted by Gasteiger charge is 2.26. The second-order valence-corrected chi connectivity index (χ2v) is 5.87. The van der Waals surface area contributed by atoms with E-state index in [4.69, 9.17) is 9.47 Å². The lowest BCUT2D eigenvalue weighted by atomic mass is 10.1. The van der Waals surface area contributed by atoms with E-state index in [2.05, 4.69) is 25.7 Å². The highest BCUT2D eigenvalue weighted by Crippen LogP contribution is 2.27. The van der Waals surface area contributed by atoms with Crippen LogP contribution in [0.1, 0.15) is 20.8 Å². The summed E-state index contributed by atoms with van der Waals surface area (Å²) < 4.78 is 11.0. The molecule has 0 N–H and O–H groups in total. The van der Waals surface area contributed by atoms with E-state index in [1.54, 1.807) is 18.2 Å². The molecule has 1 aliphatic heterocycles. The Morgan fingerprint density at radius 3 is 2.68 bits per heavy atom. The molecule has 0 saturated carbocycles. The Kier molecular flexibility index (Phi) is 6.20. The molecular weight excluding hydrogens is 308 g/mol. The van der Waals surface area contributed by atoms with Crippen molar-refractivity contribution in [3.8, 4) is 5.75 Å². The van der Waals surface area contributed by atoms with Crippen LogP contribution in [0.25, 0.3) is 0 Å². The maximum absolute atomic E-state index is 10.9. The van der Waals surface area contributed by atoms with Crippen molar-refractivity contribution in [2.75, 3.05) is 19.7 Å². The van der Waals surface area contributed by atoms with Gasteiger partial charge in [-0.25, -0.2) is 0 Å². The second-order valence-electron chi connectivity index (χ2n) is 5.87. The fraction of sp³-hybridized carbons (Fsp3) is 0.467. The Morgan fingerprint density at radius 1 is 1.36 bits per heavy atom. The Labute approximate surface area is 136 Å². The topological polar surface area (TPSA) is 64.8 Å². The summed E-state index contributed by atoms with van der Waals surface area (Å²) in [7, 11) is 0. The zero-order valence-corrected chi connectivity index (χ0v) is 13.8. The highest BCUT2D eigenvalue weighted by atomic mass is 35.5. The molecule has 1 aromatic rings. The lowest BCUT2D eigenvalue weighted by Crippen LogP contribution is -2.47. The molecule has 0 unspecified atom stereocenters. The number of benzene rings is 1. The summed E-state index contributed by atoms with van der Waals surface area (Å²) in [6.07, 6.45) is 1.46. The molecule has 1 heterocycles. The van der Waals surface area contributed by atoms with Crippen molar-refractivity contribution in [3.05, 3.63) is 46.4 Å². The van der Waals surface area contributed by atoms with Crippen molar-refractivity contribution in [1.29, 1.82) is 0 Å². The Balaban J connectivity index is 0.00000242. The number of morpholine rings is 1. The van der Waals surface area contributed by atoms with Gasteiger partial charge in [0.2, 0.25) is 5.75 Å². The van der Waals surface area contributed by atoms with Crippen LogP contribution in [0.3, 0.4) is 0 Å². The number of rotatable bonds is 3. The molecule has 0 atom stereocenters. The molecule has 1 fully saturated rings. The molecule has 2 rings (SSSR count). The zero-order chi connectivity index (χ0) is 15.5. The third-order valence-corrected chi connectivity index (χ3v) is 3.32. The van der Waals surface area contributed by atoms with Crippen LogP contribution in [0.2, 0.25) is 0 Å². The number of halogens is 1. The molecular formula is C15H21ClN2O4. The van der Waals surface area contributed by atoms with E-state index in [-0.39, 0.29) is 29.4 Å². The molecule has 0 aliphatic carbocycles. The van der Waals surface area contributed by atoms with Gasteiger partial charge < -0.3 is 9.47 Å². The smallest absolute Gasteiger partial charge is 0.311 e. The maximum Gasteiger partial charge on any atom is 0.311 e. The van der Waals surface area contributed by atoms with Crippen LogP contribution in [0.15, 0.2) is 36.3 Å². The van der Waals surface area contributed by atoms with Gasteiger partial charge in [-0.3, -0.25) is 15.0 Å². The molecule has 1 saturated heterocycles. The second kappa shape index (κ2) is 7.47. The minimum atomic E-state index is -0.461. The van der Waals surface area contributed by atoms with E-state index in [1.165, 1.54) is 12.3 Å². The standard InChI is InChI=1S/C15H20N2O4.ClH/c1-15(2,3)16-8-9-20-12(10-16)11-21-14-7-5-4-6-13(14)17(18)19;/h4-7,11H,8-10H2,1-3H3;1H. The van der Waals surface area contributed by atoms with Crippen molar-refractivity contribution in [3.63, 3.8) is 0 Å². The van der Waals surface area contributed by atoms with Crippen molar-refractivity contribution in [1.82, 2.24) is 4.90 Å². The van der Waals surface area contributed by atoms with Crippen LogP contribution in [-0.2, 0) is 4.74 Å². The van der Waals surface area contributed by atoms with E-state index >= 15 is 0 Å². The lowest BCUT2D eigenvalue weighted by molar-refractivity contribution is -0.385. The fourth-order valence-electron chi connectivity index (χ4n) is 2.08. The number of nitrogens with zero attached hydrogens (tertiary/aromatic N) is 2. The summed E-state index contributed by atoms with van der Waals surface area (Å²) >= 11 is 0. The number of hydrogen-bond acceptors (Lipinski definition) is 5. The first-order chi connectivity index (χ1) is 9.88. The number of para-hydroxylation sites is 2. The Morgan fingerprint density at radius 2 is 2.05 bits per heavy atom. The zero-order valence-electron chi connectivity index (χ0n) is 12.9. The van der Waals surface area contributed by atoms with Gasteiger partial charge in [0.1, 0.15) is 18.6 Å². The normalized spacial score (nSPS) is 17.5. The summed E-state index contributed by atoms with van der Waals surface area (Å²) in [5.41, 5.74) is -0.0143. The minimum absolute atomic E-state index is 0. The van der Waals surface area contributed by atoms with Gasteiger partial charge in [-0.15, -0.1) is 12.4 Å². The molecule has 1 aromatic carbocycles. The summed E-state index contributed by atoms with van der Waals surface area (Å²) in [6.45, 7) is 8.48. The van der Waals surface area contributed by atoms with Crippen LogP contribution in [0.4, 0.5) is 5.69 Å². The van der Waals surface area contributed by atoms with E-state index < -0.39 is 4.92 Å². The molecule has 7 heteroatoms. The molecule has 6 nitrogen and oxygen atoms in total. The Hall–Kier alpha value is -1.79. The lowest BCUT2D eigenvalue weighted by Gasteiger charge is -2.38. The summed E-state index contributed by atoms with van der Waals surface area (Å²) in [5, 5.41) is 10.9. The van der Waals surface area contributed by atoms with Gasteiger partial charge in [-0.05, 0) is 26.8 Å². The first kappa shape index (κ1) is 18.3. The molecule has 0 spiro atoms. The van der Waals surface area contributed by atoms with Crippen molar-refractivity contribution in [2.24, 2.45) is 0 Å². The van der Waals surface area contributed by atoms with Gasteiger partial charge in [-0.2, -0.15) is 0 Å². The number of ether oxygens (including phenoxy) is 2. The molecule has 122 valence electrons. The molecule has 0 radical (unpaired) electrons. The summed E-state index contributed by atoms with van der Waals surface area (Å²) in [5.74, 6) is 0.890. The molecule has 22 heavy (non-hydrogen) atoms. The van der Waals surface area contributed by atoms with E-state index in [1.807, 2.05) is 0 Å². The van der Waals surface area contributed by atoms with Crippen molar-refractivity contribution >= 4 is 18.1 Å². The minimum Gasteiger partial charge on any atom is -0.492 e. The fourth-order valence-corrected chi connectivity index (χ4v) is 2.08. The maximum atomic E-state index is 10.9. The molecule has 1 aliphatic rings. The van der Waals surface area contributed by atoms with Gasteiger partial charge >= 0.3 is 5.69 Å². The molecule has 0 amide bonds. The molecule has 0 aromatic heterocycles. The van der Waals surface area contributed by atoms with Crippen LogP contribution >= 0.6 is 12.4 Å². The van der Waals surface area contributed by atoms with Crippen LogP contribution in [0.5, 0.6) is 5.75 Å². The van der Waals surface area contributed by atoms with E-state index in [0.29, 0.717) is 18.9 Å². The van der Waals surface area contributed by atoms with Crippen LogP contribution in [-0.4, -0.2) is 35.1 Å². The van der Waals surface area contributed by atoms with Crippen molar-refractivity contribution in [2.45, 2.75) is 26.3 Å². The first-order valence-corrected chi connectivity index (χ1v) is 6.85. The van der Waals surface area contributed by atoms with Gasteiger partial charge in [-0.1, -0.05) is 12.1 Å². The Bertz CT molecular complexity index is 555. The van der Waals surface area contributed by atoms with E-state index in [9.17, 15) is 10.1 Å². The van der Waals surface area contributed by atoms with Gasteiger partial charge in [0, 0.05) is 18.2 Å².